The second-order valence-corrected chi connectivity index (χ2v) is 47.5. The van der Waals surface area contributed by atoms with Crippen molar-refractivity contribution in [3.8, 4) is 0 Å². The SMILES string of the molecule is Cc1ncnc2c1ncn2[C@@H]1O[C@@H]2COP(O)(=S)O[C@H]3[C@@H](F)[C@H](n4cnc5c(N)ncnc54)O[C@@H]3COP(=O)(S)O[C@H]2[C@H]1O.Cc1ncnc2c1ncn2[C@@H]1O[C@@H]2COP(O)(=S)O[C@H]3[C@@H](F)[C@H](n4cnc5c(N)ncnc54)O[C@@H]3COP(O)(=S)O[C@H]2[C@H]1O.NC1=Nc2c(ncn2[C@@H]2O[C@@H]3COP(O)(=S)O[C@H]4[C@@H](F)[C@H](n5cnc6c(=O)[nH]c(N)nc65)O[C@@H]4COP(O)(=S)O[C@H]3[C@H]2F)C(=O)C1. The number of aliphatic imine (C=N–C) groups is 1. The number of aromatic amines is 1. The van der Waals surface area contributed by atoms with E-state index in [1.807, 2.05) is 0 Å². The number of alkyl halides is 4. The van der Waals surface area contributed by atoms with E-state index in [1.165, 1.54) is 68.9 Å². The molecule has 0 aromatic carbocycles. The Morgan fingerprint density at radius 3 is 1.11 bits per heavy atom. The second-order valence-electron chi connectivity index (χ2n) is 30.7. The first-order valence-electron chi connectivity index (χ1n) is 39.1. The van der Waals surface area contributed by atoms with Gasteiger partial charge in [0, 0.05) is 0 Å². The average Bonchev–Trinajstić information content (AvgIpc) is 1.62. The number of aliphatic hydroxyl groups is 2. The predicted molar refractivity (Wildman–Crippen MR) is 464 cm³/mol. The molecule has 0 amide bonds. The van der Waals surface area contributed by atoms with Crippen LogP contribution in [0.5, 0.6) is 0 Å². The highest BCUT2D eigenvalue weighted by atomic mass is 32.7. The highest BCUT2D eigenvalue weighted by molar-refractivity contribution is 8.44. The Labute approximate surface area is 775 Å². The number of nitrogen functional groups attached to an aromatic ring is 3. The van der Waals surface area contributed by atoms with Crippen molar-refractivity contribution in [2.45, 2.75) is 168 Å². The smallest absolute Gasteiger partial charge is 0.386 e. The number of aryl methyl sites for hydroxylation is 2. The molecule has 9 saturated heterocycles. The van der Waals surface area contributed by atoms with Gasteiger partial charge in [0.1, 0.15) is 139 Å². The molecular weight excluding hydrogens is 2040 g/mol. The van der Waals surface area contributed by atoms with Gasteiger partial charge >= 0.3 is 40.4 Å². The molecule has 10 aliphatic rings. The highest BCUT2D eigenvalue weighted by Crippen LogP contribution is 2.61. The summed E-state index contributed by atoms with van der Waals surface area (Å²) in [5.41, 5.74) is 25.7. The summed E-state index contributed by atoms with van der Waals surface area (Å²) in [4.78, 5) is 147. The topological polar surface area (TPSA) is 714 Å². The standard InChI is InChI=1S/C21H23F2N9O10P2S2.2C21H24FN9O9P2S2/c22-10-14-7(39-19(10)31-4-26-12-6(33)1-9(24)28-16(12)31)2-37-44(36,46)42-15-8(3-38-43(35,45)41-14)40-20(11(15)23)32-5-27-13-17(32)29-21(25)30-18(13)34;2*1-8-12-18(26-4-24-8)31(6-28-12)21-14(32)16-10(38-21)3-36-41(33,43)39-15-9(2-35-42(34,44)40-16)37-20(11(15)22)30-7-29-13-17(23)25-5-27-19(13)30/h4-5,7-8,10-11,14-15,19-20H,1-3H2,(H2,24,28)(H,35,45)(H,36,46)(H3,25,29,30,34);2*4-7,9-11,14-16,20-21,32H,2-3H2,1H3,(H,33,43)(H,34,44)(H2,23,25,27)/t7-,8-,10-,11-,14-,15-,19-,20-,43?,44?;2*9-,10-,11-,14-,15-,16-,20-,21-,41?,42?/m111/s1. The maximum absolute atomic E-state index is 16.0. The van der Waals surface area contributed by atoms with Gasteiger partial charge in [0.15, 0.2) is 125 Å². The Morgan fingerprint density at radius 1 is 0.403 bits per heavy atom. The number of halogens is 4. The third-order valence-corrected chi connectivity index (χ3v) is 31.6. The number of ketones is 1. The van der Waals surface area contributed by atoms with Gasteiger partial charge < -0.3 is 109 Å². The number of ether oxygens (including phenoxy) is 6. The first-order chi connectivity index (χ1) is 63.6. The molecule has 0 radical (unpaired) electrons. The average molecular weight is 2110 g/mol. The van der Waals surface area contributed by atoms with Crippen LogP contribution in [0.15, 0.2) is 73.1 Å². The predicted octanol–water partition coefficient (Wildman–Crippen LogP) is 1.32. The van der Waals surface area contributed by atoms with E-state index >= 15 is 17.6 Å². The Kier molecular flexibility index (Phi) is 26.3. The number of nitrogens with two attached hydrogens (primary N) is 4. The summed E-state index contributed by atoms with van der Waals surface area (Å²) in [6, 6.07) is 0. The van der Waals surface area contributed by atoms with E-state index in [0.29, 0.717) is 33.7 Å². The van der Waals surface area contributed by atoms with Crippen LogP contribution < -0.4 is 28.5 Å². The summed E-state index contributed by atoms with van der Waals surface area (Å²) in [6.07, 6.45) is -23.6. The number of hydrogen-bond donors (Lipinski definition) is 13. The number of thiol groups is 1. The fourth-order valence-corrected chi connectivity index (χ4v) is 24.8. The normalized spacial score (nSPS) is 38.3. The third-order valence-electron chi connectivity index (χ3n) is 22.2. The van der Waals surface area contributed by atoms with Crippen molar-refractivity contribution in [3.63, 3.8) is 0 Å². The molecule has 30 atom stereocenters. The van der Waals surface area contributed by atoms with Crippen molar-refractivity contribution in [1.82, 2.24) is 107 Å². The maximum atomic E-state index is 16.0. The maximum Gasteiger partial charge on any atom is 0.386 e. The van der Waals surface area contributed by atoms with E-state index < -0.39 is 239 Å². The van der Waals surface area contributed by atoms with E-state index in [4.69, 9.17) is 165 Å². The zero-order chi connectivity index (χ0) is 94.6. The number of H-pyrrole nitrogens is 1. The van der Waals surface area contributed by atoms with Gasteiger partial charge in [-0.2, -0.15) is 4.98 Å². The number of Topliss-reactive ketones (excluding diaryl/α,β-unsaturated/α-hetero) is 1. The summed E-state index contributed by atoms with van der Waals surface area (Å²) in [7, 11) is 0. The van der Waals surface area contributed by atoms with Crippen molar-refractivity contribution in [2.24, 2.45) is 10.7 Å². The van der Waals surface area contributed by atoms with Crippen LogP contribution in [0.3, 0.4) is 0 Å². The fourth-order valence-electron chi connectivity index (χ4n) is 16.1. The van der Waals surface area contributed by atoms with E-state index in [2.05, 4.69) is 97.0 Å². The number of nitrogens with one attached hydrogen (secondary N) is 1. The van der Waals surface area contributed by atoms with Gasteiger partial charge in [-0.15, -0.1) is 0 Å². The van der Waals surface area contributed by atoms with E-state index in [-0.39, 0.29) is 74.8 Å². The van der Waals surface area contributed by atoms with Gasteiger partial charge in [-0.1, -0.05) is 12.2 Å². The Hall–Kier alpha value is -7.15. The molecule has 21 heterocycles. The first kappa shape index (κ1) is 95.8. The minimum absolute atomic E-state index is 0.0208. The number of aliphatic hydroxyl groups excluding tert-OH is 2. The summed E-state index contributed by atoms with van der Waals surface area (Å²) in [5.74, 6) is -0.635. The molecule has 0 aliphatic carbocycles. The molecule has 21 rings (SSSR count). The summed E-state index contributed by atoms with van der Waals surface area (Å²) in [6.45, 7) is -25.4. The van der Waals surface area contributed by atoms with Crippen LogP contribution in [0, 0.1) is 13.8 Å². The van der Waals surface area contributed by atoms with Gasteiger partial charge in [-0.25, -0.2) is 96.9 Å². The molecule has 0 spiro atoms. The molecule has 0 saturated carbocycles. The van der Waals surface area contributed by atoms with Crippen LogP contribution in [0.4, 0.5) is 41.0 Å². The van der Waals surface area contributed by atoms with Gasteiger partial charge in [-0.3, -0.25) is 73.6 Å². The summed E-state index contributed by atoms with van der Waals surface area (Å²) >= 11 is 30.0. The van der Waals surface area contributed by atoms with Crippen LogP contribution in [0.2, 0.25) is 0 Å². The van der Waals surface area contributed by atoms with Crippen molar-refractivity contribution >= 4 is 203 Å². The molecular formula is C63H71F4N27O28P6S6. The molecule has 71 heteroatoms. The van der Waals surface area contributed by atoms with Crippen LogP contribution in [0.25, 0.3) is 55.8 Å². The zero-order valence-corrected chi connectivity index (χ0v) is 78.0. The van der Waals surface area contributed by atoms with Crippen LogP contribution >= 0.6 is 52.6 Å². The quantitative estimate of drug-likeness (QED) is 0.0634. The number of carbonyl (C=O) groups is 1. The van der Waals surface area contributed by atoms with Crippen molar-refractivity contribution in [2.75, 3.05) is 56.8 Å². The van der Waals surface area contributed by atoms with Gasteiger partial charge in [-0.05, 0) is 72.9 Å². The Balaban J connectivity index is 0.000000129. The molecule has 10 aliphatic heterocycles. The minimum Gasteiger partial charge on any atom is -0.387 e. The number of amidine groups is 1. The van der Waals surface area contributed by atoms with Crippen LogP contribution in [-0.2, 0) is 146 Å². The Bertz CT molecular complexity index is 6330. The van der Waals surface area contributed by atoms with Crippen LogP contribution in [0.1, 0.15) is 65.7 Å². The van der Waals surface area contributed by atoms with Gasteiger partial charge in [0.2, 0.25) is 5.95 Å². The van der Waals surface area contributed by atoms with E-state index in [1.54, 1.807) is 13.8 Å². The number of hydrogen-bond acceptors (Lipinski definition) is 48. The highest BCUT2D eigenvalue weighted by Gasteiger charge is 2.59. The minimum atomic E-state index is -4.33. The first-order valence-corrected chi connectivity index (χ1v) is 54.8. The Morgan fingerprint density at radius 2 is 0.709 bits per heavy atom. The largest absolute Gasteiger partial charge is 0.387 e. The molecule has 0 bridgehead atoms. The monoisotopic (exact) mass is 2110 g/mol. The fraction of sp³-hybridized carbons (Fsp3) is 0.524. The van der Waals surface area contributed by atoms with Crippen molar-refractivity contribution < 1.29 is 144 Å². The summed E-state index contributed by atoms with van der Waals surface area (Å²) in [5, 5.41) is 22.5. The lowest BCUT2D eigenvalue weighted by molar-refractivity contribution is -0.0589. The molecule has 11 aromatic heterocycles. The number of anilines is 3. The summed E-state index contributed by atoms with van der Waals surface area (Å²) < 4.78 is 187. The zero-order valence-electron chi connectivity index (χ0n) is 67.6. The van der Waals surface area contributed by atoms with E-state index in [9.17, 15) is 48.8 Å². The number of nitrogens with zero attached hydrogens (tertiary/aromatic N) is 22. The molecule has 16 N–H and O–H groups in total. The van der Waals surface area contributed by atoms with Gasteiger partial charge in [0.05, 0.1) is 95.4 Å². The van der Waals surface area contributed by atoms with E-state index in [0.717, 1.165) is 21.8 Å². The molecule has 720 valence electrons. The lowest BCUT2D eigenvalue weighted by Gasteiger charge is -2.30. The molecule has 55 nitrogen and oxygen atoms in total. The second kappa shape index (κ2) is 36.8. The lowest BCUT2D eigenvalue weighted by Crippen LogP contribution is -2.38. The molecule has 134 heavy (non-hydrogen) atoms. The third kappa shape index (κ3) is 18.6. The molecule has 6 unspecified atom stereocenters. The number of rotatable bonds is 6. The number of imidazole rings is 6. The number of fused-ring (bicyclic) bond motifs is 12. The number of aromatic nitrogens is 22. The lowest BCUT2D eigenvalue weighted by atomic mass is 10.1. The van der Waals surface area contributed by atoms with Crippen molar-refractivity contribution in [3.05, 3.63) is 90.7 Å². The molecule has 11 aromatic rings. The molecule has 9 fully saturated rings. The van der Waals surface area contributed by atoms with Crippen LogP contribution in [-0.4, -0.2) is 303 Å². The van der Waals surface area contributed by atoms with Gasteiger partial charge in [0.25, 0.3) is 5.56 Å². The van der Waals surface area contributed by atoms with Crippen molar-refractivity contribution in [1.29, 1.82) is 0 Å². The number of carbonyl (C=O) groups excluding carboxylic acids is 1.